The molecule has 0 atom stereocenters. The van der Waals surface area contributed by atoms with E-state index in [-0.39, 0.29) is 0 Å². The highest BCUT2D eigenvalue weighted by molar-refractivity contribution is 9.10. The van der Waals surface area contributed by atoms with Gasteiger partial charge in [0, 0.05) is 14.2 Å². The van der Waals surface area contributed by atoms with E-state index in [1.807, 2.05) is 11.3 Å². The summed E-state index contributed by atoms with van der Waals surface area (Å²) in [4.78, 5) is 2.88. The molecule has 1 aliphatic rings. The van der Waals surface area contributed by atoms with Crippen LogP contribution in [0.3, 0.4) is 0 Å². The second-order valence-corrected chi connectivity index (χ2v) is 7.55. The fraction of sp³-hybridized carbons (Fsp3) is 0.250. The van der Waals surface area contributed by atoms with Gasteiger partial charge in [0.1, 0.15) is 0 Å². The molecule has 0 aliphatic heterocycles. The number of hydrogen-bond acceptors (Lipinski definition) is 1. The van der Waals surface area contributed by atoms with Crippen molar-refractivity contribution in [3.8, 4) is 10.4 Å². The number of allylic oxidation sites excluding steroid dienone is 1. The van der Waals surface area contributed by atoms with Crippen LogP contribution in [-0.2, 0) is 6.42 Å². The van der Waals surface area contributed by atoms with Gasteiger partial charge in [0.2, 0.25) is 0 Å². The fourth-order valence-electron chi connectivity index (χ4n) is 2.29. The summed E-state index contributed by atoms with van der Waals surface area (Å²) in [6.45, 7) is 4.59. The van der Waals surface area contributed by atoms with Crippen LogP contribution in [0.2, 0.25) is 0 Å². The molecular formula is C16H15BrS. The Balaban J connectivity index is 2.03. The number of fused-ring (bicyclic) bond motifs is 1. The van der Waals surface area contributed by atoms with Crippen LogP contribution in [0, 0.1) is 5.41 Å². The van der Waals surface area contributed by atoms with Gasteiger partial charge in [0.15, 0.2) is 0 Å². The predicted octanol–water partition coefficient (Wildman–Crippen LogP) is 5.77. The van der Waals surface area contributed by atoms with Crippen LogP contribution in [0.4, 0.5) is 0 Å². The molecule has 0 N–H and O–H groups in total. The van der Waals surface area contributed by atoms with E-state index in [0.717, 1.165) is 10.9 Å². The minimum atomic E-state index is 0.298. The van der Waals surface area contributed by atoms with Crippen molar-refractivity contribution >= 4 is 33.3 Å². The molecule has 1 aromatic carbocycles. The maximum atomic E-state index is 3.54. The third-order valence-electron chi connectivity index (χ3n) is 3.28. The summed E-state index contributed by atoms with van der Waals surface area (Å²) < 4.78 is 1.14. The van der Waals surface area contributed by atoms with E-state index < -0.39 is 0 Å². The molecule has 0 amide bonds. The summed E-state index contributed by atoms with van der Waals surface area (Å²) in [6.07, 6.45) is 5.75. The largest absolute Gasteiger partial charge is 0.140 e. The molecule has 0 fully saturated rings. The minimum absolute atomic E-state index is 0.298. The van der Waals surface area contributed by atoms with Gasteiger partial charge >= 0.3 is 0 Å². The summed E-state index contributed by atoms with van der Waals surface area (Å²) in [6, 6.07) is 10.8. The monoisotopic (exact) mass is 318 g/mol. The Morgan fingerprint density at radius 1 is 1.22 bits per heavy atom. The van der Waals surface area contributed by atoms with Gasteiger partial charge in [-0.15, -0.1) is 11.3 Å². The van der Waals surface area contributed by atoms with Crippen LogP contribution in [0.5, 0.6) is 0 Å². The molecule has 3 rings (SSSR count). The first-order valence-electron chi connectivity index (χ1n) is 6.11. The quantitative estimate of drug-likeness (QED) is 0.625. The average molecular weight is 319 g/mol. The van der Waals surface area contributed by atoms with Gasteiger partial charge in [0.05, 0.1) is 0 Å². The Morgan fingerprint density at radius 3 is 2.83 bits per heavy atom. The maximum Gasteiger partial charge on any atom is 0.0352 e. The summed E-state index contributed by atoms with van der Waals surface area (Å²) in [5.74, 6) is 0. The third-order valence-corrected chi connectivity index (χ3v) is 4.97. The van der Waals surface area contributed by atoms with Crippen molar-refractivity contribution < 1.29 is 0 Å². The molecule has 0 saturated carbocycles. The molecule has 2 aromatic rings. The molecule has 1 heterocycles. The molecular weight excluding hydrogens is 304 g/mol. The van der Waals surface area contributed by atoms with Gasteiger partial charge in [-0.2, -0.15) is 0 Å². The SMILES string of the molecule is CC1(C)C=Cc2cc(-c3cccc(Br)c3)sc2C1. The Morgan fingerprint density at radius 2 is 2.06 bits per heavy atom. The first-order chi connectivity index (χ1) is 8.53. The van der Waals surface area contributed by atoms with Crippen molar-refractivity contribution in [3.63, 3.8) is 0 Å². The Labute approximate surface area is 120 Å². The van der Waals surface area contributed by atoms with E-state index in [1.54, 1.807) is 0 Å². The Bertz CT molecular complexity index is 620. The lowest BCUT2D eigenvalue weighted by Crippen LogP contribution is -2.13. The van der Waals surface area contributed by atoms with E-state index >= 15 is 0 Å². The summed E-state index contributed by atoms with van der Waals surface area (Å²) >= 11 is 5.47. The van der Waals surface area contributed by atoms with Crippen LogP contribution in [0.15, 0.2) is 40.9 Å². The molecule has 0 saturated heterocycles. The van der Waals surface area contributed by atoms with Gasteiger partial charge in [-0.05, 0) is 41.2 Å². The van der Waals surface area contributed by atoms with Gasteiger partial charge < -0.3 is 0 Å². The van der Waals surface area contributed by atoms with Crippen molar-refractivity contribution in [2.24, 2.45) is 5.41 Å². The van der Waals surface area contributed by atoms with E-state index in [1.165, 1.54) is 20.9 Å². The normalized spacial score (nSPS) is 16.6. The Hall–Kier alpha value is -0.860. The second kappa shape index (κ2) is 4.36. The molecule has 0 radical (unpaired) electrons. The maximum absolute atomic E-state index is 3.54. The van der Waals surface area contributed by atoms with Gasteiger partial charge in [-0.1, -0.05) is 54.1 Å². The van der Waals surface area contributed by atoms with Crippen LogP contribution in [0.1, 0.15) is 24.3 Å². The van der Waals surface area contributed by atoms with E-state index in [2.05, 4.69) is 72.3 Å². The van der Waals surface area contributed by atoms with Crippen molar-refractivity contribution in [1.29, 1.82) is 0 Å². The molecule has 0 unspecified atom stereocenters. The van der Waals surface area contributed by atoms with Crippen molar-refractivity contribution in [2.75, 3.05) is 0 Å². The van der Waals surface area contributed by atoms with Gasteiger partial charge in [-0.25, -0.2) is 0 Å². The summed E-state index contributed by atoms with van der Waals surface area (Å²) in [7, 11) is 0. The molecule has 0 bridgehead atoms. The highest BCUT2D eigenvalue weighted by atomic mass is 79.9. The number of rotatable bonds is 1. The molecule has 92 valence electrons. The van der Waals surface area contributed by atoms with Crippen molar-refractivity contribution in [1.82, 2.24) is 0 Å². The lowest BCUT2D eigenvalue weighted by molar-refractivity contribution is 0.479. The van der Waals surface area contributed by atoms with Crippen molar-refractivity contribution in [2.45, 2.75) is 20.3 Å². The first-order valence-corrected chi connectivity index (χ1v) is 7.72. The van der Waals surface area contributed by atoms with Crippen molar-refractivity contribution in [3.05, 3.63) is 51.3 Å². The number of hydrogen-bond donors (Lipinski definition) is 0. The topological polar surface area (TPSA) is 0 Å². The third kappa shape index (κ3) is 2.32. The highest BCUT2D eigenvalue weighted by Crippen LogP contribution is 2.40. The smallest absolute Gasteiger partial charge is 0.0352 e. The molecule has 0 nitrogen and oxygen atoms in total. The summed E-state index contributed by atoms with van der Waals surface area (Å²) in [5.41, 5.74) is 3.00. The van der Waals surface area contributed by atoms with Crippen LogP contribution < -0.4 is 0 Å². The number of halogens is 1. The second-order valence-electron chi connectivity index (χ2n) is 5.50. The average Bonchev–Trinajstić information content (AvgIpc) is 2.70. The Kier molecular flexibility index (Phi) is 2.95. The van der Waals surface area contributed by atoms with E-state index in [9.17, 15) is 0 Å². The van der Waals surface area contributed by atoms with E-state index in [4.69, 9.17) is 0 Å². The summed E-state index contributed by atoms with van der Waals surface area (Å²) in [5, 5.41) is 0. The standard InChI is InChI=1S/C16H15BrS/c1-16(2)7-6-12-9-14(18-15(12)10-16)11-4-3-5-13(17)8-11/h3-9H,10H2,1-2H3. The molecule has 1 aliphatic carbocycles. The molecule has 2 heteroatoms. The zero-order valence-electron chi connectivity index (χ0n) is 10.5. The molecule has 18 heavy (non-hydrogen) atoms. The van der Waals surface area contributed by atoms with E-state index in [0.29, 0.717) is 5.41 Å². The fourth-order valence-corrected chi connectivity index (χ4v) is 4.08. The van der Waals surface area contributed by atoms with Gasteiger partial charge in [-0.3, -0.25) is 0 Å². The van der Waals surface area contributed by atoms with Gasteiger partial charge in [0.25, 0.3) is 0 Å². The lowest BCUT2D eigenvalue weighted by Gasteiger charge is -2.23. The first kappa shape index (κ1) is 12.2. The van der Waals surface area contributed by atoms with Crippen LogP contribution in [-0.4, -0.2) is 0 Å². The number of benzene rings is 1. The highest BCUT2D eigenvalue weighted by Gasteiger charge is 2.22. The predicted molar refractivity (Wildman–Crippen MR) is 84.0 cm³/mol. The molecule has 0 spiro atoms. The minimum Gasteiger partial charge on any atom is -0.140 e. The molecule has 1 aromatic heterocycles. The number of thiophene rings is 1. The van der Waals surface area contributed by atoms with Crippen LogP contribution >= 0.6 is 27.3 Å². The zero-order chi connectivity index (χ0) is 12.8. The lowest BCUT2D eigenvalue weighted by atomic mass is 9.83. The van der Waals surface area contributed by atoms with Crippen LogP contribution in [0.25, 0.3) is 16.5 Å². The zero-order valence-corrected chi connectivity index (χ0v) is 12.9.